The number of primary amides is 1. The summed E-state index contributed by atoms with van der Waals surface area (Å²) >= 11 is 0. The van der Waals surface area contributed by atoms with Crippen molar-refractivity contribution in [2.24, 2.45) is 11.7 Å². The third-order valence-electron chi connectivity index (χ3n) is 4.44. The van der Waals surface area contributed by atoms with Crippen LogP contribution in [0.5, 0.6) is 0 Å². The van der Waals surface area contributed by atoms with E-state index in [1.54, 1.807) is 32.0 Å². The maximum atomic E-state index is 12.4. The lowest BCUT2D eigenvalue weighted by molar-refractivity contribution is -0.120. The molecule has 1 fully saturated rings. The first-order valence-corrected chi connectivity index (χ1v) is 9.55. The highest BCUT2D eigenvalue weighted by atomic mass is 32.2. The first kappa shape index (κ1) is 18.4. The van der Waals surface area contributed by atoms with Gasteiger partial charge in [0.2, 0.25) is 21.8 Å². The van der Waals surface area contributed by atoms with Gasteiger partial charge in [-0.3, -0.25) is 9.59 Å². The van der Waals surface area contributed by atoms with Crippen molar-refractivity contribution < 1.29 is 18.0 Å². The minimum atomic E-state index is -3.20. The Kier molecular flexibility index (Phi) is 5.61. The zero-order valence-electron chi connectivity index (χ0n) is 13.9. The van der Waals surface area contributed by atoms with Crippen LogP contribution in [0.25, 0.3) is 0 Å². The van der Waals surface area contributed by atoms with Crippen LogP contribution in [0.1, 0.15) is 35.7 Å². The summed E-state index contributed by atoms with van der Waals surface area (Å²) in [7, 11) is -3.20. The van der Waals surface area contributed by atoms with Crippen molar-refractivity contribution in [3.05, 3.63) is 29.3 Å². The summed E-state index contributed by atoms with van der Waals surface area (Å²) < 4.78 is 25.1. The quantitative estimate of drug-likeness (QED) is 0.826. The van der Waals surface area contributed by atoms with Crippen LogP contribution >= 0.6 is 0 Å². The molecule has 0 unspecified atom stereocenters. The van der Waals surface area contributed by atoms with Crippen LogP contribution in [0, 0.1) is 12.8 Å². The van der Waals surface area contributed by atoms with Crippen LogP contribution in [0.2, 0.25) is 0 Å². The van der Waals surface area contributed by atoms with Gasteiger partial charge in [0.25, 0.3) is 0 Å². The minimum absolute atomic E-state index is 0.0724. The predicted octanol–water partition coefficient (Wildman–Crippen LogP) is 1.09. The number of hydrogen-bond acceptors (Lipinski definition) is 4. The Balaban J connectivity index is 2.03. The van der Waals surface area contributed by atoms with Crippen molar-refractivity contribution in [1.82, 2.24) is 4.31 Å². The number of carbonyl (C=O) groups is 2. The number of amides is 2. The fourth-order valence-corrected chi connectivity index (χ4v) is 3.98. The molecule has 1 aromatic rings. The van der Waals surface area contributed by atoms with Gasteiger partial charge in [-0.2, -0.15) is 0 Å². The van der Waals surface area contributed by atoms with Crippen molar-refractivity contribution in [3.8, 4) is 0 Å². The maximum absolute atomic E-state index is 12.4. The molecule has 0 bridgehead atoms. The van der Waals surface area contributed by atoms with Crippen LogP contribution in [0.3, 0.4) is 0 Å². The summed E-state index contributed by atoms with van der Waals surface area (Å²) in [6.45, 7) is 4.05. The van der Waals surface area contributed by atoms with Gasteiger partial charge in [-0.1, -0.05) is 6.07 Å². The molecule has 1 heterocycles. The van der Waals surface area contributed by atoms with E-state index in [-0.39, 0.29) is 17.6 Å². The molecule has 1 aliphatic rings. The molecule has 0 aromatic heterocycles. The Hall–Kier alpha value is -1.93. The highest BCUT2D eigenvalue weighted by Crippen LogP contribution is 2.24. The van der Waals surface area contributed by atoms with Gasteiger partial charge in [0.1, 0.15) is 0 Å². The van der Waals surface area contributed by atoms with Gasteiger partial charge in [-0.15, -0.1) is 0 Å². The second kappa shape index (κ2) is 7.31. The zero-order valence-corrected chi connectivity index (χ0v) is 14.7. The normalized spacial score (nSPS) is 16.8. The number of benzene rings is 1. The SMILES string of the molecule is CCS(=O)(=O)N1CCC(C(=O)Nc2cccc(C(N)=O)c2C)CC1. The minimum Gasteiger partial charge on any atom is -0.366 e. The fourth-order valence-electron chi connectivity index (χ4n) is 2.85. The predicted molar refractivity (Wildman–Crippen MR) is 92.1 cm³/mol. The summed E-state index contributed by atoms with van der Waals surface area (Å²) in [5.41, 5.74) is 6.87. The van der Waals surface area contributed by atoms with E-state index in [4.69, 9.17) is 5.73 Å². The molecule has 2 amide bonds. The van der Waals surface area contributed by atoms with Gasteiger partial charge in [-0.25, -0.2) is 12.7 Å². The molecule has 1 aliphatic heterocycles. The number of nitrogens with zero attached hydrogens (tertiary/aromatic N) is 1. The van der Waals surface area contributed by atoms with Crippen molar-refractivity contribution in [2.75, 3.05) is 24.2 Å². The molecule has 132 valence electrons. The lowest BCUT2D eigenvalue weighted by Crippen LogP contribution is -2.42. The number of piperidine rings is 1. The van der Waals surface area contributed by atoms with E-state index in [0.717, 1.165) is 0 Å². The molecule has 0 aliphatic carbocycles. The van der Waals surface area contributed by atoms with Crippen LogP contribution in [-0.2, 0) is 14.8 Å². The van der Waals surface area contributed by atoms with Gasteiger partial charge in [0.15, 0.2) is 0 Å². The van der Waals surface area contributed by atoms with E-state index < -0.39 is 15.9 Å². The summed E-state index contributed by atoms with van der Waals surface area (Å²) in [6.07, 6.45) is 0.971. The van der Waals surface area contributed by atoms with Gasteiger partial charge >= 0.3 is 0 Å². The van der Waals surface area contributed by atoms with E-state index in [0.29, 0.717) is 42.7 Å². The second-order valence-corrected chi connectivity index (χ2v) is 8.16. The second-order valence-electron chi connectivity index (χ2n) is 5.91. The highest BCUT2D eigenvalue weighted by Gasteiger charge is 2.30. The molecule has 0 spiro atoms. The first-order chi connectivity index (χ1) is 11.3. The van der Waals surface area contributed by atoms with Crippen molar-refractivity contribution in [2.45, 2.75) is 26.7 Å². The van der Waals surface area contributed by atoms with Gasteiger partial charge in [0, 0.05) is 30.3 Å². The summed E-state index contributed by atoms with van der Waals surface area (Å²) in [4.78, 5) is 23.8. The molecular weight excluding hydrogens is 330 g/mol. The zero-order chi connectivity index (χ0) is 17.9. The van der Waals surface area contributed by atoms with Crippen molar-refractivity contribution >= 4 is 27.5 Å². The van der Waals surface area contributed by atoms with Crippen LogP contribution in [0.15, 0.2) is 18.2 Å². The standard InChI is InChI=1S/C16H23N3O4S/c1-3-24(22,23)19-9-7-12(8-10-19)16(21)18-14-6-4-5-13(11(14)2)15(17)20/h4-6,12H,3,7-10H2,1-2H3,(H2,17,20)(H,18,21). The van der Waals surface area contributed by atoms with E-state index in [9.17, 15) is 18.0 Å². The Bertz CT molecular complexity index is 738. The van der Waals surface area contributed by atoms with Gasteiger partial charge < -0.3 is 11.1 Å². The smallest absolute Gasteiger partial charge is 0.249 e. The molecule has 2 rings (SSSR count). The first-order valence-electron chi connectivity index (χ1n) is 7.94. The monoisotopic (exact) mass is 353 g/mol. The average molecular weight is 353 g/mol. The molecule has 1 saturated heterocycles. The summed E-state index contributed by atoms with van der Waals surface area (Å²) in [5, 5.41) is 2.83. The Morgan fingerprint density at radius 1 is 1.29 bits per heavy atom. The lowest BCUT2D eigenvalue weighted by atomic mass is 9.96. The highest BCUT2D eigenvalue weighted by molar-refractivity contribution is 7.89. The number of carbonyl (C=O) groups excluding carboxylic acids is 2. The fraction of sp³-hybridized carbons (Fsp3) is 0.500. The van der Waals surface area contributed by atoms with Gasteiger partial charge in [0.05, 0.1) is 5.75 Å². The average Bonchev–Trinajstić information content (AvgIpc) is 2.56. The Labute approximate surface area is 142 Å². The summed E-state index contributed by atoms with van der Waals surface area (Å²) in [5.74, 6) is -0.872. The van der Waals surface area contributed by atoms with Crippen LogP contribution in [0.4, 0.5) is 5.69 Å². The third-order valence-corrected chi connectivity index (χ3v) is 6.32. The number of nitrogens with one attached hydrogen (secondary N) is 1. The molecule has 24 heavy (non-hydrogen) atoms. The van der Waals surface area contributed by atoms with E-state index in [1.807, 2.05) is 0 Å². The topological polar surface area (TPSA) is 110 Å². The number of rotatable bonds is 5. The largest absolute Gasteiger partial charge is 0.366 e. The van der Waals surface area contributed by atoms with E-state index in [1.165, 1.54) is 4.31 Å². The summed E-state index contributed by atoms with van der Waals surface area (Å²) in [6, 6.07) is 5.00. The van der Waals surface area contributed by atoms with Gasteiger partial charge in [-0.05, 0) is 44.4 Å². The molecule has 0 saturated carbocycles. The van der Waals surface area contributed by atoms with Crippen LogP contribution < -0.4 is 11.1 Å². The maximum Gasteiger partial charge on any atom is 0.249 e. The molecule has 0 radical (unpaired) electrons. The number of sulfonamides is 1. The molecule has 3 N–H and O–H groups in total. The third kappa shape index (κ3) is 3.93. The van der Waals surface area contributed by atoms with E-state index in [2.05, 4.69) is 5.32 Å². The molecule has 0 atom stereocenters. The number of hydrogen-bond donors (Lipinski definition) is 2. The van der Waals surface area contributed by atoms with Crippen molar-refractivity contribution in [3.63, 3.8) is 0 Å². The molecule has 8 heteroatoms. The van der Waals surface area contributed by atoms with Crippen LogP contribution in [-0.4, -0.2) is 43.4 Å². The Morgan fingerprint density at radius 3 is 2.46 bits per heavy atom. The molecular formula is C16H23N3O4S. The molecule has 1 aromatic carbocycles. The number of anilines is 1. The molecule has 7 nitrogen and oxygen atoms in total. The Morgan fingerprint density at radius 2 is 1.92 bits per heavy atom. The van der Waals surface area contributed by atoms with E-state index >= 15 is 0 Å². The lowest BCUT2D eigenvalue weighted by Gasteiger charge is -2.30. The van der Waals surface area contributed by atoms with Crippen molar-refractivity contribution in [1.29, 1.82) is 0 Å². The number of nitrogens with two attached hydrogens (primary N) is 1.